The van der Waals surface area contributed by atoms with Gasteiger partial charge >= 0.3 is 0 Å². The molecule has 0 aromatic heterocycles. The summed E-state index contributed by atoms with van der Waals surface area (Å²) in [6.45, 7) is 3.43. The molecule has 112 valence electrons. The highest BCUT2D eigenvalue weighted by Crippen LogP contribution is 2.22. The monoisotopic (exact) mass is 286 g/mol. The van der Waals surface area contributed by atoms with Crippen LogP contribution >= 0.6 is 0 Å². The van der Waals surface area contributed by atoms with E-state index in [0.717, 1.165) is 51.3 Å². The molecule has 1 saturated heterocycles. The molecule has 1 atom stereocenters. The zero-order chi connectivity index (χ0) is 14.5. The summed E-state index contributed by atoms with van der Waals surface area (Å²) in [7, 11) is 0. The summed E-state index contributed by atoms with van der Waals surface area (Å²) < 4.78 is 5.36. The fourth-order valence-electron chi connectivity index (χ4n) is 2.85. The first kappa shape index (κ1) is 14.1. The lowest BCUT2D eigenvalue weighted by Crippen LogP contribution is -2.36. The summed E-state index contributed by atoms with van der Waals surface area (Å²) >= 11 is 0. The van der Waals surface area contributed by atoms with E-state index in [1.54, 1.807) is 0 Å². The van der Waals surface area contributed by atoms with Crippen LogP contribution in [0.1, 0.15) is 19.3 Å². The summed E-state index contributed by atoms with van der Waals surface area (Å²) in [5, 5.41) is 3.03. The molecule has 3 rings (SSSR count). The summed E-state index contributed by atoms with van der Waals surface area (Å²) in [5.74, 6) is 0.257. The maximum Gasteiger partial charge on any atom is 0.227 e. The van der Waals surface area contributed by atoms with Crippen molar-refractivity contribution in [1.29, 1.82) is 0 Å². The number of amides is 1. The van der Waals surface area contributed by atoms with Crippen LogP contribution in [0.2, 0.25) is 0 Å². The Balaban J connectivity index is 1.58. The van der Waals surface area contributed by atoms with Crippen LogP contribution in [-0.2, 0) is 9.53 Å². The van der Waals surface area contributed by atoms with E-state index in [1.807, 2.05) is 12.1 Å². The minimum absolute atomic E-state index is 0.119. The smallest absolute Gasteiger partial charge is 0.227 e. The highest BCUT2D eigenvalue weighted by Gasteiger charge is 2.18. The lowest BCUT2D eigenvalue weighted by Gasteiger charge is -2.29. The van der Waals surface area contributed by atoms with E-state index in [-0.39, 0.29) is 11.8 Å². The molecule has 0 radical (unpaired) electrons. The van der Waals surface area contributed by atoms with Gasteiger partial charge in [-0.15, -0.1) is 0 Å². The van der Waals surface area contributed by atoms with Crippen molar-refractivity contribution in [1.82, 2.24) is 0 Å². The number of carbonyl (C=O) groups excluding carboxylic acids is 1. The molecule has 1 aromatic rings. The number of anilines is 2. The highest BCUT2D eigenvalue weighted by molar-refractivity contribution is 5.92. The van der Waals surface area contributed by atoms with Gasteiger partial charge in [0.05, 0.1) is 13.2 Å². The summed E-state index contributed by atoms with van der Waals surface area (Å²) in [4.78, 5) is 14.5. The van der Waals surface area contributed by atoms with E-state index < -0.39 is 0 Å². The molecule has 0 saturated carbocycles. The van der Waals surface area contributed by atoms with Crippen molar-refractivity contribution in [2.45, 2.75) is 19.3 Å². The van der Waals surface area contributed by atoms with Crippen molar-refractivity contribution >= 4 is 17.3 Å². The van der Waals surface area contributed by atoms with E-state index in [0.29, 0.717) is 0 Å². The maximum atomic E-state index is 12.2. The van der Waals surface area contributed by atoms with Crippen LogP contribution in [0.5, 0.6) is 0 Å². The second-order valence-corrected chi connectivity index (χ2v) is 5.62. The second-order valence-electron chi connectivity index (χ2n) is 5.62. The van der Waals surface area contributed by atoms with Crippen LogP contribution in [0.15, 0.2) is 36.4 Å². The molecule has 0 bridgehead atoms. The molecule has 1 amide bonds. The first-order chi connectivity index (χ1) is 10.3. The number of nitrogens with one attached hydrogen (secondary N) is 1. The topological polar surface area (TPSA) is 41.6 Å². The fraction of sp³-hybridized carbons (Fsp3) is 0.471. The van der Waals surface area contributed by atoms with Crippen LogP contribution in [0.25, 0.3) is 0 Å². The largest absolute Gasteiger partial charge is 0.378 e. The van der Waals surface area contributed by atoms with Crippen LogP contribution in [0.4, 0.5) is 11.4 Å². The van der Waals surface area contributed by atoms with Gasteiger partial charge in [-0.25, -0.2) is 0 Å². The molecule has 0 spiro atoms. The molecule has 1 heterocycles. The Morgan fingerprint density at radius 2 is 1.90 bits per heavy atom. The van der Waals surface area contributed by atoms with Gasteiger partial charge in [-0.1, -0.05) is 12.2 Å². The molecule has 1 unspecified atom stereocenters. The van der Waals surface area contributed by atoms with Gasteiger partial charge in [-0.2, -0.15) is 0 Å². The van der Waals surface area contributed by atoms with E-state index >= 15 is 0 Å². The minimum Gasteiger partial charge on any atom is -0.378 e. The Hall–Kier alpha value is -1.81. The van der Waals surface area contributed by atoms with Crippen LogP contribution in [0.3, 0.4) is 0 Å². The summed E-state index contributed by atoms with van der Waals surface area (Å²) in [5.41, 5.74) is 2.07. The standard InChI is InChI=1S/C17H22N2O2/c20-17(14-4-2-1-3-5-14)18-15-6-8-16(9-7-15)19-10-12-21-13-11-19/h1-2,6-9,14H,3-5,10-13H2,(H,18,20). The molecule has 4 nitrogen and oxygen atoms in total. The van der Waals surface area contributed by atoms with Crippen molar-refractivity contribution in [2.24, 2.45) is 5.92 Å². The minimum atomic E-state index is 0.119. The number of carbonyl (C=O) groups is 1. The highest BCUT2D eigenvalue weighted by atomic mass is 16.5. The van der Waals surface area contributed by atoms with Crippen molar-refractivity contribution in [3.05, 3.63) is 36.4 Å². The number of hydrogen-bond donors (Lipinski definition) is 1. The number of nitrogens with zero attached hydrogens (tertiary/aromatic N) is 1. The SMILES string of the molecule is O=C(Nc1ccc(N2CCOCC2)cc1)C1CC=CCC1. The molecule has 1 aromatic carbocycles. The zero-order valence-electron chi connectivity index (χ0n) is 12.3. The van der Waals surface area contributed by atoms with Crippen LogP contribution in [0, 0.1) is 5.92 Å². The lowest BCUT2D eigenvalue weighted by molar-refractivity contribution is -0.120. The van der Waals surface area contributed by atoms with E-state index in [2.05, 4.69) is 34.5 Å². The third-order valence-corrected chi connectivity index (χ3v) is 4.15. The second kappa shape index (κ2) is 6.76. The van der Waals surface area contributed by atoms with Crippen molar-refractivity contribution in [3.63, 3.8) is 0 Å². The third kappa shape index (κ3) is 3.64. The lowest BCUT2D eigenvalue weighted by atomic mass is 9.93. The average Bonchev–Trinajstić information content (AvgIpc) is 2.57. The predicted octanol–water partition coefficient (Wildman–Crippen LogP) is 2.82. The summed E-state index contributed by atoms with van der Waals surface area (Å²) in [6.07, 6.45) is 7.08. The number of hydrogen-bond acceptors (Lipinski definition) is 3. The Bertz CT molecular complexity index is 504. The fourth-order valence-corrected chi connectivity index (χ4v) is 2.85. The number of benzene rings is 1. The van der Waals surface area contributed by atoms with Gasteiger partial charge in [0, 0.05) is 30.4 Å². The Morgan fingerprint density at radius 3 is 2.57 bits per heavy atom. The molecule has 1 N–H and O–H groups in total. The Morgan fingerprint density at radius 1 is 1.14 bits per heavy atom. The molecule has 1 aliphatic heterocycles. The molecule has 21 heavy (non-hydrogen) atoms. The van der Waals surface area contributed by atoms with Crippen molar-refractivity contribution in [3.8, 4) is 0 Å². The number of rotatable bonds is 3. The normalized spacial score (nSPS) is 22.1. The zero-order valence-corrected chi connectivity index (χ0v) is 12.3. The van der Waals surface area contributed by atoms with Gasteiger partial charge < -0.3 is 15.0 Å². The van der Waals surface area contributed by atoms with Crippen molar-refractivity contribution in [2.75, 3.05) is 36.5 Å². The first-order valence-electron chi connectivity index (χ1n) is 7.71. The van der Waals surface area contributed by atoms with Gasteiger partial charge in [-0.05, 0) is 43.5 Å². The van der Waals surface area contributed by atoms with Gasteiger partial charge in [0.15, 0.2) is 0 Å². The Kier molecular flexibility index (Phi) is 4.55. The third-order valence-electron chi connectivity index (χ3n) is 4.15. The van der Waals surface area contributed by atoms with Crippen molar-refractivity contribution < 1.29 is 9.53 Å². The average molecular weight is 286 g/mol. The van der Waals surface area contributed by atoms with E-state index in [4.69, 9.17) is 4.74 Å². The molecule has 1 aliphatic carbocycles. The molecule has 4 heteroatoms. The quantitative estimate of drug-likeness (QED) is 0.869. The Labute approximate surface area is 125 Å². The van der Waals surface area contributed by atoms with Gasteiger partial charge in [0.2, 0.25) is 5.91 Å². The van der Waals surface area contributed by atoms with E-state index in [9.17, 15) is 4.79 Å². The molecular formula is C17H22N2O2. The number of allylic oxidation sites excluding steroid dienone is 2. The van der Waals surface area contributed by atoms with Gasteiger partial charge in [-0.3, -0.25) is 4.79 Å². The number of ether oxygens (including phenoxy) is 1. The summed E-state index contributed by atoms with van der Waals surface area (Å²) in [6, 6.07) is 8.12. The predicted molar refractivity (Wildman–Crippen MR) is 84.6 cm³/mol. The van der Waals surface area contributed by atoms with Gasteiger partial charge in [0.25, 0.3) is 0 Å². The van der Waals surface area contributed by atoms with E-state index in [1.165, 1.54) is 5.69 Å². The number of morpholine rings is 1. The van der Waals surface area contributed by atoms with Crippen LogP contribution in [-0.4, -0.2) is 32.2 Å². The maximum absolute atomic E-state index is 12.2. The first-order valence-corrected chi connectivity index (χ1v) is 7.71. The molecule has 1 fully saturated rings. The molecule has 2 aliphatic rings. The van der Waals surface area contributed by atoms with Gasteiger partial charge in [0.1, 0.15) is 0 Å². The molecular weight excluding hydrogens is 264 g/mol. The van der Waals surface area contributed by atoms with Crippen LogP contribution < -0.4 is 10.2 Å².